The molecule has 1 unspecified atom stereocenters. The Labute approximate surface area is 147 Å². The number of unbranched alkanes of at least 4 members (excludes halogenated alkanes) is 8. The van der Waals surface area contributed by atoms with Crippen molar-refractivity contribution in [2.45, 2.75) is 84.0 Å². The second kappa shape index (κ2) is 14.2. The summed E-state index contributed by atoms with van der Waals surface area (Å²) in [7, 11) is 0. The second-order valence-corrected chi connectivity index (χ2v) is 6.61. The minimum Gasteiger partial charge on any atom is -0.393 e. The van der Waals surface area contributed by atoms with E-state index in [0.29, 0.717) is 0 Å². The molecule has 2 fully saturated rings. The molecule has 0 aromatic carbocycles. The quantitative estimate of drug-likeness (QED) is 0.244. The summed E-state index contributed by atoms with van der Waals surface area (Å²) in [5.74, 6) is -1.12. The summed E-state index contributed by atoms with van der Waals surface area (Å²) in [6.07, 6.45) is 18.1. The summed E-state index contributed by atoms with van der Waals surface area (Å²) in [5.41, 5.74) is 0. The summed E-state index contributed by atoms with van der Waals surface area (Å²) in [4.78, 5) is 22.1. The van der Waals surface area contributed by atoms with E-state index in [1.54, 1.807) is 0 Å². The van der Waals surface area contributed by atoms with Crippen molar-refractivity contribution >= 4 is 11.9 Å². The van der Waals surface area contributed by atoms with Crippen molar-refractivity contribution in [1.29, 1.82) is 0 Å². The van der Waals surface area contributed by atoms with Gasteiger partial charge >= 0.3 is 11.9 Å². The van der Waals surface area contributed by atoms with Gasteiger partial charge in [-0.2, -0.15) is 0 Å². The number of allylic oxidation sites excluding steroid dienone is 1. The van der Waals surface area contributed by atoms with Gasteiger partial charge < -0.3 is 9.47 Å². The Morgan fingerprint density at radius 3 is 2.08 bits per heavy atom. The molecule has 2 heterocycles. The molecule has 0 aromatic heterocycles. The van der Waals surface area contributed by atoms with Crippen molar-refractivity contribution < 1.29 is 19.1 Å². The Morgan fingerprint density at radius 1 is 0.958 bits per heavy atom. The fourth-order valence-corrected chi connectivity index (χ4v) is 2.81. The molecule has 2 rings (SSSR count). The van der Waals surface area contributed by atoms with E-state index in [0.717, 1.165) is 19.6 Å². The van der Waals surface area contributed by atoms with Crippen molar-refractivity contribution in [1.82, 2.24) is 0 Å². The van der Waals surface area contributed by atoms with Crippen LogP contribution in [-0.2, 0) is 19.1 Å². The van der Waals surface area contributed by atoms with Crippen LogP contribution in [0.1, 0.15) is 84.0 Å². The van der Waals surface area contributed by atoms with Crippen molar-refractivity contribution in [3.63, 3.8) is 0 Å². The second-order valence-electron chi connectivity index (χ2n) is 6.61. The molecule has 2 aliphatic rings. The Hall–Kier alpha value is -1.16. The lowest BCUT2D eigenvalue weighted by molar-refractivity contribution is -0.152. The summed E-state index contributed by atoms with van der Waals surface area (Å²) in [6, 6.07) is 0. The first-order chi connectivity index (χ1) is 11.7. The summed E-state index contributed by atoms with van der Waals surface area (Å²) >= 11 is 0. The highest BCUT2D eigenvalue weighted by Gasteiger charge is 2.30. The van der Waals surface area contributed by atoms with Crippen LogP contribution < -0.4 is 0 Å². The molecule has 0 aromatic rings. The molecule has 138 valence electrons. The molecule has 2 aliphatic heterocycles. The van der Waals surface area contributed by atoms with Crippen LogP contribution in [0.2, 0.25) is 0 Å². The molecule has 0 aliphatic carbocycles. The molecule has 24 heavy (non-hydrogen) atoms. The van der Waals surface area contributed by atoms with Gasteiger partial charge in [0.05, 0.1) is 12.3 Å². The molecular weight excluding hydrogens is 304 g/mol. The maximum absolute atomic E-state index is 11.2. The van der Waals surface area contributed by atoms with E-state index in [-0.39, 0.29) is 12.3 Å². The highest BCUT2D eigenvalue weighted by molar-refractivity contribution is 5.95. The number of hydrogen-bond donors (Lipinski definition) is 0. The summed E-state index contributed by atoms with van der Waals surface area (Å²) in [6.45, 7) is 4.24. The van der Waals surface area contributed by atoms with E-state index >= 15 is 0 Å². The number of carbonyl (C=O) groups excluding carboxylic acids is 2. The first-order valence-electron chi connectivity index (χ1n) is 9.73. The lowest BCUT2D eigenvalue weighted by Crippen LogP contribution is -2.03. The normalized spacial score (nSPS) is 20.3. The number of esters is 2. The monoisotopic (exact) mass is 338 g/mol. The third-order valence-electron chi connectivity index (χ3n) is 4.32. The van der Waals surface area contributed by atoms with Crippen molar-refractivity contribution in [3.05, 3.63) is 12.2 Å². The van der Waals surface area contributed by atoms with Gasteiger partial charge in [-0.05, 0) is 25.7 Å². The number of rotatable bonds is 10. The predicted octanol–water partition coefficient (Wildman–Crippen LogP) is 4.96. The van der Waals surface area contributed by atoms with Crippen molar-refractivity contribution in [2.24, 2.45) is 5.92 Å². The first-order valence-corrected chi connectivity index (χ1v) is 9.73. The van der Waals surface area contributed by atoms with Crippen LogP contribution in [0.5, 0.6) is 0 Å². The van der Waals surface area contributed by atoms with E-state index in [4.69, 9.17) is 4.74 Å². The van der Waals surface area contributed by atoms with Crippen LogP contribution in [0.15, 0.2) is 12.2 Å². The van der Waals surface area contributed by atoms with Gasteiger partial charge in [0.15, 0.2) is 0 Å². The Morgan fingerprint density at radius 2 is 1.58 bits per heavy atom. The molecule has 0 spiro atoms. The van der Waals surface area contributed by atoms with Crippen LogP contribution in [0, 0.1) is 5.92 Å². The number of cyclic esters (lactones) is 2. The van der Waals surface area contributed by atoms with Gasteiger partial charge in [-0.25, -0.2) is 0 Å². The van der Waals surface area contributed by atoms with Crippen molar-refractivity contribution in [2.75, 3.05) is 13.2 Å². The van der Waals surface area contributed by atoms with Gasteiger partial charge in [0.1, 0.15) is 0 Å². The van der Waals surface area contributed by atoms with E-state index in [1.807, 2.05) is 12.2 Å². The zero-order chi connectivity index (χ0) is 17.5. The van der Waals surface area contributed by atoms with Crippen LogP contribution in [-0.4, -0.2) is 25.2 Å². The fourth-order valence-electron chi connectivity index (χ4n) is 2.81. The van der Waals surface area contributed by atoms with E-state index < -0.39 is 11.9 Å². The average Bonchev–Trinajstić information content (AvgIpc) is 3.23. The Balaban J connectivity index is 0.000000488. The minimum absolute atomic E-state index is 0.215. The van der Waals surface area contributed by atoms with Crippen LogP contribution >= 0.6 is 0 Å². The molecule has 0 amide bonds. The molecule has 4 nitrogen and oxygen atoms in total. The standard InChI is InChI=1S/C16H26O3.C4H8O/c1-2-3-4-5-6-7-8-9-10-11-12-14-13-15(17)19-16(14)18;1-2-4-5-3-1/h11-12,14H,2-10,13H2,1H3;1-4H2/b12-11+;. The highest BCUT2D eigenvalue weighted by Crippen LogP contribution is 2.17. The zero-order valence-corrected chi connectivity index (χ0v) is 15.3. The van der Waals surface area contributed by atoms with E-state index in [9.17, 15) is 9.59 Å². The smallest absolute Gasteiger partial charge is 0.321 e. The van der Waals surface area contributed by atoms with Gasteiger partial charge in [-0.3, -0.25) is 9.59 Å². The van der Waals surface area contributed by atoms with Gasteiger partial charge in [0, 0.05) is 13.2 Å². The number of ether oxygens (including phenoxy) is 2. The maximum Gasteiger partial charge on any atom is 0.321 e. The average molecular weight is 338 g/mol. The lowest BCUT2D eigenvalue weighted by atomic mass is 10.0. The topological polar surface area (TPSA) is 52.6 Å². The molecule has 0 bridgehead atoms. The Bertz CT molecular complexity index is 364. The van der Waals surface area contributed by atoms with E-state index in [2.05, 4.69) is 11.7 Å². The van der Waals surface area contributed by atoms with Crippen molar-refractivity contribution in [3.8, 4) is 0 Å². The molecule has 0 saturated carbocycles. The lowest BCUT2D eigenvalue weighted by Gasteiger charge is -2.00. The van der Waals surface area contributed by atoms with Gasteiger partial charge in [-0.1, -0.05) is 64.0 Å². The third-order valence-corrected chi connectivity index (χ3v) is 4.32. The molecule has 1 atom stereocenters. The molecular formula is C20H34O4. The Kier molecular flexibility index (Phi) is 12.4. The zero-order valence-electron chi connectivity index (χ0n) is 15.3. The predicted molar refractivity (Wildman–Crippen MR) is 95.6 cm³/mol. The maximum atomic E-state index is 11.2. The minimum atomic E-state index is -0.397. The first kappa shape index (κ1) is 20.9. The number of carbonyl (C=O) groups is 2. The van der Waals surface area contributed by atoms with Crippen LogP contribution in [0.25, 0.3) is 0 Å². The highest BCUT2D eigenvalue weighted by atomic mass is 16.6. The van der Waals surface area contributed by atoms with Gasteiger partial charge in [0.25, 0.3) is 0 Å². The van der Waals surface area contributed by atoms with E-state index in [1.165, 1.54) is 64.2 Å². The SMILES string of the molecule is C1CCOC1.CCCCCCCCCC/C=C/C1CC(=O)OC1=O. The summed E-state index contributed by atoms with van der Waals surface area (Å²) in [5, 5.41) is 0. The van der Waals surface area contributed by atoms with Gasteiger partial charge in [0.2, 0.25) is 0 Å². The molecule has 0 radical (unpaired) electrons. The largest absolute Gasteiger partial charge is 0.393 e. The molecule has 2 saturated heterocycles. The summed E-state index contributed by atoms with van der Waals surface area (Å²) < 4.78 is 9.43. The third kappa shape index (κ3) is 10.6. The number of hydrogen-bond acceptors (Lipinski definition) is 4. The van der Waals surface area contributed by atoms with Crippen LogP contribution in [0.4, 0.5) is 0 Å². The molecule has 4 heteroatoms. The fraction of sp³-hybridized carbons (Fsp3) is 0.800. The molecule has 0 N–H and O–H groups in total. The van der Waals surface area contributed by atoms with Crippen LogP contribution in [0.3, 0.4) is 0 Å². The van der Waals surface area contributed by atoms with Gasteiger partial charge in [-0.15, -0.1) is 0 Å².